The Labute approximate surface area is 97.4 Å². The molecule has 0 aromatic carbocycles. The Kier molecular flexibility index (Phi) is 2.17. The molecule has 0 saturated heterocycles. The van der Waals surface area contributed by atoms with Crippen LogP contribution in [-0.2, 0) is 0 Å². The minimum Gasteiger partial charge on any atom is -0.475 e. The van der Waals surface area contributed by atoms with Crippen LogP contribution in [0, 0.1) is 0 Å². The molecule has 0 amide bonds. The van der Waals surface area contributed by atoms with Crippen LogP contribution in [0.3, 0.4) is 0 Å². The Morgan fingerprint density at radius 2 is 2.25 bits per heavy atom. The topological polar surface area (TPSA) is 62.5 Å². The molecule has 4 nitrogen and oxygen atoms in total. The summed E-state index contributed by atoms with van der Waals surface area (Å²) in [5.41, 5.74) is 0. The highest BCUT2D eigenvalue weighted by molar-refractivity contribution is 8.01. The lowest BCUT2D eigenvalue weighted by Gasteiger charge is -2.32. The molecule has 0 unspecified atom stereocenters. The zero-order valence-electron chi connectivity index (χ0n) is 8.78. The van der Waals surface area contributed by atoms with Gasteiger partial charge in [-0.25, -0.2) is 4.79 Å². The fourth-order valence-corrected chi connectivity index (χ4v) is 3.96. The van der Waals surface area contributed by atoms with Crippen molar-refractivity contribution in [3.8, 4) is 0 Å². The number of anilines is 1. The molecule has 0 atom stereocenters. The number of carbonyl (C=O) groups is 1. The van der Waals surface area contributed by atoms with Crippen molar-refractivity contribution in [2.24, 2.45) is 0 Å². The number of thioether (sulfide) groups is 1. The Bertz CT molecular complexity index is 434. The molecule has 2 N–H and O–H groups in total. The lowest BCUT2D eigenvalue weighted by Crippen LogP contribution is -2.33. The molecule has 3 rings (SSSR count). The van der Waals surface area contributed by atoms with Gasteiger partial charge in [-0.2, -0.15) is 0 Å². The highest BCUT2D eigenvalue weighted by Gasteiger charge is 2.39. The van der Waals surface area contributed by atoms with E-state index in [4.69, 9.17) is 9.52 Å². The average molecular weight is 239 g/mol. The number of fused-ring (bicyclic) bond motifs is 1. The number of nitrogens with one attached hydrogen (secondary N) is 1. The Morgan fingerprint density at radius 3 is 2.94 bits per heavy atom. The second-order valence-electron chi connectivity index (χ2n) is 4.45. The van der Waals surface area contributed by atoms with Gasteiger partial charge in [0.2, 0.25) is 11.6 Å². The van der Waals surface area contributed by atoms with Crippen molar-refractivity contribution in [2.75, 3.05) is 11.9 Å². The number of hydrogen-bond donors (Lipinski definition) is 2. The maximum Gasteiger partial charge on any atom is 0.371 e. The van der Waals surface area contributed by atoms with E-state index in [1.54, 1.807) is 17.8 Å². The number of aromatic carboxylic acids is 1. The molecule has 2 aliphatic rings. The minimum atomic E-state index is -1.00. The summed E-state index contributed by atoms with van der Waals surface area (Å²) in [7, 11) is 0. The summed E-state index contributed by atoms with van der Waals surface area (Å²) in [5, 5.41) is 12.1. The van der Waals surface area contributed by atoms with Crippen LogP contribution in [0.1, 0.15) is 36.2 Å². The van der Waals surface area contributed by atoms with Crippen molar-refractivity contribution in [1.29, 1.82) is 0 Å². The van der Waals surface area contributed by atoms with Gasteiger partial charge in [-0.3, -0.25) is 0 Å². The summed E-state index contributed by atoms with van der Waals surface area (Å²) in [6, 6.07) is 1.63. The fraction of sp³-hybridized carbons (Fsp3) is 0.545. The first-order chi connectivity index (χ1) is 7.69. The number of carboxylic acids is 1. The molecular weight excluding hydrogens is 226 g/mol. The summed E-state index contributed by atoms with van der Waals surface area (Å²) >= 11 is 1.79. The van der Waals surface area contributed by atoms with Crippen LogP contribution < -0.4 is 5.32 Å². The van der Waals surface area contributed by atoms with Crippen molar-refractivity contribution in [3.63, 3.8) is 0 Å². The van der Waals surface area contributed by atoms with Crippen molar-refractivity contribution in [3.05, 3.63) is 11.8 Å². The van der Waals surface area contributed by atoms with Gasteiger partial charge < -0.3 is 14.8 Å². The number of carboxylic acid groups (broad SMARTS) is 1. The predicted molar refractivity (Wildman–Crippen MR) is 61.2 cm³/mol. The first-order valence-electron chi connectivity index (χ1n) is 5.49. The third kappa shape index (κ3) is 1.50. The Hall–Kier alpha value is -1.10. The normalized spacial score (nSPS) is 21.8. The van der Waals surface area contributed by atoms with E-state index in [-0.39, 0.29) is 10.5 Å². The molecular formula is C11H13NO3S. The minimum absolute atomic E-state index is 0.0278. The maximum atomic E-state index is 10.8. The van der Waals surface area contributed by atoms with Crippen LogP contribution in [0.5, 0.6) is 0 Å². The Morgan fingerprint density at radius 1 is 1.50 bits per heavy atom. The molecule has 1 aliphatic heterocycles. The largest absolute Gasteiger partial charge is 0.475 e. The third-order valence-corrected chi connectivity index (χ3v) is 4.83. The third-order valence-electron chi connectivity index (χ3n) is 3.32. The standard InChI is InChI=1S/C11H13NO3S/c13-10(14)7-5-8-9(15-7)12-6-11(16-8)3-1-2-4-11/h5,12H,1-4,6H2,(H,13,14). The Balaban J connectivity index is 1.91. The number of hydrogen-bond acceptors (Lipinski definition) is 4. The first-order valence-corrected chi connectivity index (χ1v) is 6.30. The molecule has 16 heavy (non-hydrogen) atoms. The van der Waals surface area contributed by atoms with E-state index < -0.39 is 5.97 Å². The van der Waals surface area contributed by atoms with E-state index in [1.165, 1.54) is 25.7 Å². The van der Waals surface area contributed by atoms with Crippen molar-refractivity contribution in [1.82, 2.24) is 0 Å². The molecule has 1 spiro atoms. The summed E-state index contributed by atoms with van der Waals surface area (Å²) in [6.45, 7) is 0.886. The SMILES string of the molecule is O=C(O)c1cc2c(o1)NCC1(CCCC1)S2. The van der Waals surface area contributed by atoms with E-state index in [0.717, 1.165) is 11.4 Å². The molecule has 0 bridgehead atoms. The van der Waals surface area contributed by atoms with Gasteiger partial charge in [0.25, 0.3) is 0 Å². The van der Waals surface area contributed by atoms with E-state index in [0.29, 0.717) is 5.88 Å². The van der Waals surface area contributed by atoms with Crippen LogP contribution in [0.15, 0.2) is 15.4 Å². The molecule has 1 aromatic heterocycles. The van der Waals surface area contributed by atoms with Crippen molar-refractivity contribution < 1.29 is 14.3 Å². The van der Waals surface area contributed by atoms with Gasteiger partial charge in [0, 0.05) is 17.4 Å². The van der Waals surface area contributed by atoms with Gasteiger partial charge in [0.1, 0.15) is 0 Å². The summed E-state index contributed by atoms with van der Waals surface area (Å²) in [5.74, 6) is -0.350. The lowest BCUT2D eigenvalue weighted by atomic mass is 10.1. The van der Waals surface area contributed by atoms with Crippen LogP contribution >= 0.6 is 11.8 Å². The highest BCUT2D eigenvalue weighted by Crippen LogP contribution is 2.51. The first kappa shape index (κ1) is 10.1. The highest BCUT2D eigenvalue weighted by atomic mass is 32.2. The maximum absolute atomic E-state index is 10.8. The smallest absolute Gasteiger partial charge is 0.371 e. The van der Waals surface area contributed by atoms with E-state index in [9.17, 15) is 4.79 Å². The molecule has 1 saturated carbocycles. The molecule has 1 aliphatic carbocycles. The van der Waals surface area contributed by atoms with Crippen LogP contribution in [0.25, 0.3) is 0 Å². The molecule has 86 valence electrons. The molecule has 0 radical (unpaired) electrons. The zero-order valence-corrected chi connectivity index (χ0v) is 9.60. The zero-order chi connectivity index (χ0) is 11.2. The summed E-state index contributed by atoms with van der Waals surface area (Å²) in [6.07, 6.45) is 4.96. The van der Waals surface area contributed by atoms with E-state index in [1.807, 2.05) is 0 Å². The van der Waals surface area contributed by atoms with Gasteiger partial charge in [0.15, 0.2) is 0 Å². The summed E-state index contributed by atoms with van der Waals surface area (Å²) < 4.78 is 5.51. The van der Waals surface area contributed by atoms with Crippen molar-refractivity contribution >= 4 is 23.6 Å². The lowest BCUT2D eigenvalue weighted by molar-refractivity contribution is 0.0663. The summed E-state index contributed by atoms with van der Waals surface area (Å²) in [4.78, 5) is 11.8. The fourth-order valence-electron chi connectivity index (χ4n) is 2.49. The average Bonchev–Trinajstić information content (AvgIpc) is 2.85. The predicted octanol–water partition coefficient (Wildman–Crippen LogP) is 2.81. The van der Waals surface area contributed by atoms with Crippen molar-refractivity contribution in [2.45, 2.75) is 35.3 Å². The molecule has 2 heterocycles. The van der Waals surface area contributed by atoms with Gasteiger partial charge in [-0.05, 0) is 12.8 Å². The molecule has 5 heteroatoms. The van der Waals surface area contributed by atoms with Crippen LogP contribution in [-0.4, -0.2) is 22.4 Å². The second-order valence-corrected chi connectivity index (χ2v) is 5.96. The monoisotopic (exact) mass is 239 g/mol. The van der Waals surface area contributed by atoms with Gasteiger partial charge in [-0.15, -0.1) is 11.8 Å². The molecule has 1 fully saturated rings. The van der Waals surface area contributed by atoms with Gasteiger partial charge in [-0.1, -0.05) is 12.8 Å². The van der Waals surface area contributed by atoms with Gasteiger partial charge >= 0.3 is 5.97 Å². The van der Waals surface area contributed by atoms with E-state index in [2.05, 4.69) is 5.32 Å². The number of furan rings is 1. The van der Waals surface area contributed by atoms with Crippen LogP contribution in [0.4, 0.5) is 5.88 Å². The van der Waals surface area contributed by atoms with Gasteiger partial charge in [0.05, 0.1) is 4.90 Å². The number of rotatable bonds is 1. The van der Waals surface area contributed by atoms with E-state index >= 15 is 0 Å². The molecule has 1 aromatic rings. The van der Waals surface area contributed by atoms with Crippen LogP contribution in [0.2, 0.25) is 0 Å². The quantitative estimate of drug-likeness (QED) is 0.789. The second kappa shape index (κ2) is 3.45.